The van der Waals surface area contributed by atoms with E-state index in [0.717, 1.165) is 5.69 Å². The van der Waals surface area contributed by atoms with Gasteiger partial charge in [0.25, 0.3) is 5.69 Å². The molecule has 0 bridgehead atoms. The number of nitrogens with zero attached hydrogens (tertiary/aromatic N) is 2. The summed E-state index contributed by atoms with van der Waals surface area (Å²) in [6.45, 7) is 2.52. The average molecular weight is 277 g/mol. The van der Waals surface area contributed by atoms with E-state index in [1.54, 1.807) is 24.3 Å². The van der Waals surface area contributed by atoms with Gasteiger partial charge in [-0.25, -0.2) is 0 Å². The zero-order chi connectivity index (χ0) is 13.8. The molecule has 0 amide bonds. The molecule has 0 aliphatic rings. The van der Waals surface area contributed by atoms with Crippen LogP contribution in [0.25, 0.3) is 0 Å². The van der Waals surface area contributed by atoms with Gasteiger partial charge in [-0.15, -0.1) is 0 Å². The Morgan fingerprint density at radius 1 is 1.11 bits per heavy atom. The summed E-state index contributed by atoms with van der Waals surface area (Å²) in [6.07, 6.45) is 0. The second kappa shape index (κ2) is 5.71. The maximum absolute atomic E-state index is 11.1. The first-order valence-electron chi connectivity index (χ1n) is 5.90. The molecule has 98 valence electrons. The lowest BCUT2D eigenvalue weighted by Crippen LogP contribution is -2.17. The SMILES string of the molecule is CCN(c1ccccc1Cl)c1ccccc1[N+](=O)[O-]. The molecule has 0 saturated heterocycles. The van der Waals surface area contributed by atoms with Crippen molar-refractivity contribution in [3.05, 3.63) is 63.7 Å². The molecule has 4 nitrogen and oxygen atoms in total. The summed E-state index contributed by atoms with van der Waals surface area (Å²) in [5, 5.41) is 11.7. The van der Waals surface area contributed by atoms with Crippen molar-refractivity contribution >= 4 is 28.7 Å². The first kappa shape index (κ1) is 13.4. The minimum absolute atomic E-state index is 0.0734. The molecule has 0 aliphatic heterocycles. The molecule has 0 N–H and O–H groups in total. The van der Waals surface area contributed by atoms with Gasteiger partial charge in [-0.3, -0.25) is 10.1 Å². The summed E-state index contributed by atoms with van der Waals surface area (Å²) >= 11 is 6.17. The Morgan fingerprint density at radius 3 is 2.26 bits per heavy atom. The number of hydrogen-bond donors (Lipinski definition) is 0. The molecule has 0 aromatic heterocycles. The third-order valence-electron chi connectivity index (χ3n) is 2.83. The molecule has 2 aromatic rings. The summed E-state index contributed by atoms with van der Waals surface area (Å²) < 4.78 is 0. The molecule has 19 heavy (non-hydrogen) atoms. The van der Waals surface area contributed by atoms with Crippen LogP contribution in [0.2, 0.25) is 5.02 Å². The van der Waals surface area contributed by atoms with Crippen LogP contribution in [0.4, 0.5) is 17.1 Å². The van der Waals surface area contributed by atoms with Gasteiger partial charge in [0.15, 0.2) is 0 Å². The zero-order valence-electron chi connectivity index (χ0n) is 10.4. The summed E-state index contributed by atoms with van der Waals surface area (Å²) in [7, 11) is 0. The topological polar surface area (TPSA) is 46.4 Å². The standard InChI is InChI=1S/C14H13ClN2O2/c1-2-16(12-8-4-3-7-11(12)15)13-9-5-6-10-14(13)17(18)19/h3-10H,2H2,1H3. The normalized spacial score (nSPS) is 10.2. The van der Waals surface area contributed by atoms with Crippen molar-refractivity contribution in [2.24, 2.45) is 0 Å². The Bertz CT molecular complexity index is 602. The van der Waals surface area contributed by atoms with E-state index in [1.807, 2.05) is 30.0 Å². The summed E-state index contributed by atoms with van der Waals surface area (Å²) in [6, 6.07) is 14.0. The Kier molecular flexibility index (Phi) is 4.02. The molecule has 0 spiro atoms. The Morgan fingerprint density at radius 2 is 1.68 bits per heavy atom. The maximum atomic E-state index is 11.1. The fraction of sp³-hybridized carbons (Fsp3) is 0.143. The van der Waals surface area contributed by atoms with Crippen LogP contribution in [-0.2, 0) is 0 Å². The van der Waals surface area contributed by atoms with Gasteiger partial charge in [-0.1, -0.05) is 35.9 Å². The first-order valence-corrected chi connectivity index (χ1v) is 6.28. The van der Waals surface area contributed by atoms with Gasteiger partial charge in [0.1, 0.15) is 5.69 Å². The number of para-hydroxylation sites is 3. The fourth-order valence-electron chi connectivity index (χ4n) is 1.99. The van der Waals surface area contributed by atoms with Crippen LogP contribution in [0.3, 0.4) is 0 Å². The van der Waals surface area contributed by atoms with Gasteiger partial charge in [-0.05, 0) is 25.1 Å². The smallest absolute Gasteiger partial charge is 0.292 e. The van der Waals surface area contributed by atoms with E-state index < -0.39 is 0 Å². The Labute approximate surface area is 116 Å². The quantitative estimate of drug-likeness (QED) is 0.614. The molecule has 2 rings (SSSR count). The predicted molar refractivity (Wildman–Crippen MR) is 77.2 cm³/mol. The third-order valence-corrected chi connectivity index (χ3v) is 3.15. The highest BCUT2D eigenvalue weighted by Crippen LogP contribution is 2.36. The van der Waals surface area contributed by atoms with Crippen LogP contribution < -0.4 is 4.90 Å². The van der Waals surface area contributed by atoms with Gasteiger partial charge in [0.2, 0.25) is 0 Å². The van der Waals surface area contributed by atoms with Crippen molar-refractivity contribution in [3.63, 3.8) is 0 Å². The third kappa shape index (κ3) is 2.69. The van der Waals surface area contributed by atoms with Crippen molar-refractivity contribution in [1.82, 2.24) is 0 Å². The van der Waals surface area contributed by atoms with Gasteiger partial charge < -0.3 is 4.90 Å². The van der Waals surface area contributed by atoms with E-state index in [2.05, 4.69) is 0 Å². The average Bonchev–Trinajstić information content (AvgIpc) is 2.42. The number of benzene rings is 2. The number of rotatable bonds is 4. The lowest BCUT2D eigenvalue weighted by molar-refractivity contribution is -0.384. The minimum Gasteiger partial charge on any atom is -0.335 e. The van der Waals surface area contributed by atoms with Crippen molar-refractivity contribution in [3.8, 4) is 0 Å². The summed E-state index contributed by atoms with van der Waals surface area (Å²) in [5.74, 6) is 0. The highest BCUT2D eigenvalue weighted by molar-refractivity contribution is 6.33. The van der Waals surface area contributed by atoms with Crippen molar-refractivity contribution < 1.29 is 4.92 Å². The molecule has 0 heterocycles. The monoisotopic (exact) mass is 276 g/mol. The Hall–Kier alpha value is -2.07. The lowest BCUT2D eigenvalue weighted by Gasteiger charge is -2.23. The van der Waals surface area contributed by atoms with Gasteiger partial charge in [-0.2, -0.15) is 0 Å². The molecule has 5 heteroatoms. The molecule has 0 atom stereocenters. The highest BCUT2D eigenvalue weighted by atomic mass is 35.5. The number of nitro benzene ring substituents is 1. The van der Waals surface area contributed by atoms with Crippen LogP contribution >= 0.6 is 11.6 Å². The molecule has 0 aliphatic carbocycles. The van der Waals surface area contributed by atoms with Crippen LogP contribution in [-0.4, -0.2) is 11.5 Å². The lowest BCUT2D eigenvalue weighted by atomic mass is 10.2. The van der Waals surface area contributed by atoms with Crippen LogP contribution in [0, 0.1) is 10.1 Å². The van der Waals surface area contributed by atoms with Gasteiger partial charge >= 0.3 is 0 Å². The van der Waals surface area contributed by atoms with E-state index in [-0.39, 0.29) is 10.6 Å². The fourth-order valence-corrected chi connectivity index (χ4v) is 2.23. The number of anilines is 2. The van der Waals surface area contributed by atoms with E-state index >= 15 is 0 Å². The van der Waals surface area contributed by atoms with Crippen LogP contribution in [0.1, 0.15) is 6.92 Å². The largest absolute Gasteiger partial charge is 0.335 e. The molecular formula is C14H13ClN2O2. The maximum Gasteiger partial charge on any atom is 0.292 e. The first-order chi connectivity index (χ1) is 9.15. The van der Waals surface area contributed by atoms with Gasteiger partial charge in [0.05, 0.1) is 15.6 Å². The predicted octanol–water partition coefficient (Wildman–Crippen LogP) is 4.41. The molecule has 0 unspecified atom stereocenters. The second-order valence-electron chi connectivity index (χ2n) is 3.94. The second-order valence-corrected chi connectivity index (χ2v) is 4.35. The van der Waals surface area contributed by atoms with E-state index in [0.29, 0.717) is 17.3 Å². The summed E-state index contributed by atoms with van der Waals surface area (Å²) in [4.78, 5) is 12.6. The highest BCUT2D eigenvalue weighted by Gasteiger charge is 2.20. The zero-order valence-corrected chi connectivity index (χ0v) is 11.2. The number of nitro groups is 1. The molecule has 0 saturated carbocycles. The van der Waals surface area contributed by atoms with Crippen molar-refractivity contribution in [2.75, 3.05) is 11.4 Å². The molecule has 0 radical (unpaired) electrons. The van der Waals surface area contributed by atoms with Crippen LogP contribution in [0.15, 0.2) is 48.5 Å². The Balaban J connectivity index is 2.55. The van der Waals surface area contributed by atoms with Gasteiger partial charge in [0, 0.05) is 12.6 Å². The van der Waals surface area contributed by atoms with Crippen molar-refractivity contribution in [1.29, 1.82) is 0 Å². The molecule has 2 aromatic carbocycles. The van der Waals surface area contributed by atoms with Crippen molar-refractivity contribution in [2.45, 2.75) is 6.92 Å². The molecule has 0 fully saturated rings. The number of halogens is 1. The molecular weight excluding hydrogens is 264 g/mol. The number of hydrogen-bond acceptors (Lipinski definition) is 3. The van der Waals surface area contributed by atoms with Crippen LogP contribution in [0.5, 0.6) is 0 Å². The van der Waals surface area contributed by atoms with E-state index in [1.165, 1.54) is 6.07 Å². The minimum atomic E-state index is -0.380. The summed E-state index contributed by atoms with van der Waals surface area (Å²) in [5.41, 5.74) is 1.38. The van der Waals surface area contributed by atoms with E-state index in [4.69, 9.17) is 11.6 Å². The van der Waals surface area contributed by atoms with E-state index in [9.17, 15) is 10.1 Å².